The lowest BCUT2D eigenvalue weighted by Gasteiger charge is -2.06. The van der Waals surface area contributed by atoms with Gasteiger partial charge in [0.15, 0.2) is 0 Å². The van der Waals surface area contributed by atoms with Gasteiger partial charge in [-0.15, -0.1) is 0 Å². The topological polar surface area (TPSA) is 29.1 Å². The minimum absolute atomic E-state index is 0.114. The lowest BCUT2D eigenvalue weighted by atomic mass is 10.0. The van der Waals surface area contributed by atoms with E-state index in [4.69, 9.17) is 0 Å². The van der Waals surface area contributed by atoms with Crippen molar-refractivity contribution in [3.05, 3.63) is 35.6 Å². The first-order chi connectivity index (χ1) is 7.76. The summed E-state index contributed by atoms with van der Waals surface area (Å²) in [4.78, 5) is 11.9. The van der Waals surface area contributed by atoms with Crippen LogP contribution >= 0.6 is 0 Å². The third-order valence-corrected chi connectivity index (χ3v) is 4.40. The van der Waals surface area contributed by atoms with Gasteiger partial charge < -0.3 is 5.32 Å². The molecule has 0 bridgehead atoms. The molecule has 0 atom stereocenters. The van der Waals surface area contributed by atoms with Crippen LogP contribution in [-0.4, -0.2) is 11.9 Å². The fourth-order valence-corrected chi connectivity index (χ4v) is 2.37. The molecule has 1 N–H and O–H groups in total. The van der Waals surface area contributed by atoms with E-state index in [1.807, 2.05) is 0 Å². The van der Waals surface area contributed by atoms with Crippen molar-refractivity contribution in [1.29, 1.82) is 0 Å². The van der Waals surface area contributed by atoms with Gasteiger partial charge in [-0.25, -0.2) is 4.39 Å². The fourth-order valence-electron chi connectivity index (χ4n) is 2.37. The Morgan fingerprint density at radius 2 is 1.59 bits per heavy atom. The summed E-state index contributed by atoms with van der Waals surface area (Å²) < 4.78 is 12.7. The minimum atomic E-state index is -0.325. The smallest absolute Gasteiger partial charge is 0.251 e. The fraction of sp³-hybridized carbons (Fsp3) is 0.500. The SMILES string of the molecule is CC1(C)C(NC(=O)c2ccc(F)cc2)C1(C)C. The van der Waals surface area contributed by atoms with Gasteiger partial charge in [0.05, 0.1) is 0 Å². The highest BCUT2D eigenvalue weighted by Gasteiger charge is 2.65. The van der Waals surface area contributed by atoms with Crippen molar-refractivity contribution < 1.29 is 9.18 Å². The number of hydrogen-bond acceptors (Lipinski definition) is 1. The van der Waals surface area contributed by atoms with Crippen molar-refractivity contribution in [1.82, 2.24) is 5.32 Å². The number of carbonyl (C=O) groups is 1. The van der Waals surface area contributed by atoms with Gasteiger partial charge in [-0.1, -0.05) is 27.7 Å². The van der Waals surface area contributed by atoms with Crippen molar-refractivity contribution >= 4 is 5.91 Å². The second kappa shape index (κ2) is 3.56. The van der Waals surface area contributed by atoms with E-state index in [1.165, 1.54) is 24.3 Å². The summed E-state index contributed by atoms with van der Waals surface area (Å²) in [6, 6.07) is 5.79. The van der Waals surface area contributed by atoms with Crippen LogP contribution in [-0.2, 0) is 0 Å². The van der Waals surface area contributed by atoms with Gasteiger partial charge in [0.25, 0.3) is 5.91 Å². The van der Waals surface area contributed by atoms with Crippen LogP contribution in [0.15, 0.2) is 24.3 Å². The summed E-state index contributed by atoms with van der Waals surface area (Å²) in [6.07, 6.45) is 0. The lowest BCUT2D eigenvalue weighted by molar-refractivity contribution is 0.0943. The average molecular weight is 235 g/mol. The predicted molar refractivity (Wildman–Crippen MR) is 65.2 cm³/mol. The largest absolute Gasteiger partial charge is 0.348 e. The van der Waals surface area contributed by atoms with Crippen LogP contribution in [0.2, 0.25) is 0 Å². The van der Waals surface area contributed by atoms with Crippen LogP contribution in [0.25, 0.3) is 0 Å². The van der Waals surface area contributed by atoms with E-state index in [2.05, 4.69) is 33.0 Å². The number of hydrogen-bond donors (Lipinski definition) is 1. The molecule has 0 aromatic heterocycles. The molecule has 1 aliphatic rings. The van der Waals surface area contributed by atoms with Gasteiger partial charge >= 0.3 is 0 Å². The van der Waals surface area contributed by atoms with Crippen molar-refractivity contribution in [2.45, 2.75) is 33.7 Å². The number of carbonyl (C=O) groups excluding carboxylic acids is 1. The third-order valence-electron chi connectivity index (χ3n) is 4.40. The molecule has 92 valence electrons. The first kappa shape index (κ1) is 12.1. The maximum atomic E-state index is 12.7. The Bertz CT molecular complexity index is 434. The molecular formula is C14H18FNO. The molecule has 1 aromatic carbocycles. The van der Waals surface area contributed by atoms with Crippen LogP contribution < -0.4 is 5.32 Å². The summed E-state index contributed by atoms with van der Waals surface area (Å²) in [5.74, 6) is -0.456. The highest BCUT2D eigenvalue weighted by Crippen LogP contribution is 2.62. The number of benzene rings is 1. The molecule has 1 amide bonds. The van der Waals surface area contributed by atoms with Gasteiger partial charge in [0.1, 0.15) is 5.82 Å². The molecule has 2 nitrogen and oxygen atoms in total. The molecule has 0 heterocycles. The number of halogens is 1. The van der Waals surface area contributed by atoms with Gasteiger partial charge in [0.2, 0.25) is 0 Å². The van der Waals surface area contributed by atoms with E-state index < -0.39 is 0 Å². The Morgan fingerprint density at radius 3 is 2.00 bits per heavy atom. The summed E-state index contributed by atoms with van der Waals surface area (Å²) >= 11 is 0. The Balaban J connectivity index is 2.07. The first-order valence-corrected chi connectivity index (χ1v) is 5.83. The predicted octanol–water partition coefficient (Wildman–Crippen LogP) is 2.99. The van der Waals surface area contributed by atoms with Crippen LogP contribution in [0, 0.1) is 16.6 Å². The molecule has 0 aliphatic heterocycles. The van der Waals surface area contributed by atoms with E-state index in [9.17, 15) is 9.18 Å². The molecule has 1 saturated carbocycles. The van der Waals surface area contributed by atoms with Crippen LogP contribution in [0.5, 0.6) is 0 Å². The van der Waals surface area contributed by atoms with Crippen LogP contribution in [0.4, 0.5) is 4.39 Å². The molecule has 0 spiro atoms. The molecule has 1 fully saturated rings. The van der Waals surface area contributed by atoms with Gasteiger partial charge in [-0.05, 0) is 35.1 Å². The molecular weight excluding hydrogens is 217 g/mol. The normalized spacial score (nSPS) is 21.0. The zero-order valence-electron chi connectivity index (χ0n) is 10.7. The van der Waals surface area contributed by atoms with Crippen molar-refractivity contribution in [3.63, 3.8) is 0 Å². The van der Waals surface area contributed by atoms with Gasteiger partial charge in [-0.3, -0.25) is 4.79 Å². The number of rotatable bonds is 2. The zero-order valence-corrected chi connectivity index (χ0v) is 10.7. The van der Waals surface area contributed by atoms with Crippen molar-refractivity contribution in [2.75, 3.05) is 0 Å². The summed E-state index contributed by atoms with van der Waals surface area (Å²) in [7, 11) is 0. The molecule has 0 radical (unpaired) electrons. The minimum Gasteiger partial charge on any atom is -0.348 e. The molecule has 17 heavy (non-hydrogen) atoms. The van der Waals surface area contributed by atoms with E-state index in [1.54, 1.807) is 0 Å². The monoisotopic (exact) mass is 235 g/mol. The van der Waals surface area contributed by atoms with E-state index in [0.29, 0.717) is 5.56 Å². The highest BCUT2D eigenvalue weighted by atomic mass is 19.1. The average Bonchev–Trinajstić information content (AvgIpc) is 2.62. The molecule has 1 aliphatic carbocycles. The van der Waals surface area contributed by atoms with Crippen LogP contribution in [0.3, 0.4) is 0 Å². The quantitative estimate of drug-likeness (QED) is 0.838. The van der Waals surface area contributed by atoms with Gasteiger partial charge in [-0.2, -0.15) is 0 Å². The summed E-state index contributed by atoms with van der Waals surface area (Å²) in [6.45, 7) is 8.57. The Morgan fingerprint density at radius 1 is 1.12 bits per heavy atom. The number of amides is 1. The molecule has 1 aromatic rings. The van der Waals surface area contributed by atoms with Crippen molar-refractivity contribution in [2.24, 2.45) is 10.8 Å². The Hall–Kier alpha value is -1.38. The summed E-state index contributed by atoms with van der Waals surface area (Å²) in [5, 5.41) is 3.01. The summed E-state index contributed by atoms with van der Waals surface area (Å²) in [5.41, 5.74) is 0.732. The highest BCUT2D eigenvalue weighted by molar-refractivity contribution is 5.94. The Kier molecular flexibility index (Phi) is 2.53. The van der Waals surface area contributed by atoms with E-state index in [-0.39, 0.29) is 28.6 Å². The first-order valence-electron chi connectivity index (χ1n) is 5.83. The van der Waals surface area contributed by atoms with Crippen LogP contribution in [0.1, 0.15) is 38.1 Å². The standard InChI is InChI=1S/C14H18FNO/c1-13(2)12(14(13,3)4)16-11(17)9-5-7-10(15)8-6-9/h5-8,12H,1-4H3,(H,16,17). The zero-order chi connectivity index (χ0) is 12.8. The van der Waals surface area contributed by atoms with E-state index >= 15 is 0 Å². The lowest BCUT2D eigenvalue weighted by Crippen LogP contribution is -2.29. The molecule has 0 unspecified atom stereocenters. The maximum Gasteiger partial charge on any atom is 0.251 e. The number of nitrogens with one attached hydrogen (secondary N) is 1. The molecule has 2 rings (SSSR count). The Labute approximate surface area is 101 Å². The maximum absolute atomic E-state index is 12.7. The van der Waals surface area contributed by atoms with Gasteiger partial charge in [0, 0.05) is 11.6 Å². The second-order valence-electron chi connectivity index (χ2n) is 5.86. The second-order valence-corrected chi connectivity index (χ2v) is 5.86. The van der Waals surface area contributed by atoms with Crippen molar-refractivity contribution in [3.8, 4) is 0 Å². The third kappa shape index (κ3) is 1.84. The molecule has 3 heteroatoms. The molecule has 0 saturated heterocycles. The van der Waals surface area contributed by atoms with E-state index in [0.717, 1.165) is 0 Å².